The zero-order chi connectivity index (χ0) is 20.6. The van der Waals surface area contributed by atoms with Crippen molar-refractivity contribution in [1.29, 1.82) is 0 Å². The van der Waals surface area contributed by atoms with Gasteiger partial charge < -0.3 is 10.6 Å². The molecule has 30 heavy (non-hydrogen) atoms. The van der Waals surface area contributed by atoms with Crippen molar-refractivity contribution < 1.29 is 4.79 Å². The summed E-state index contributed by atoms with van der Waals surface area (Å²) in [5, 5.41) is 8.29. The van der Waals surface area contributed by atoms with E-state index in [0.717, 1.165) is 28.2 Å². The normalized spacial score (nSPS) is 10.5. The van der Waals surface area contributed by atoms with Gasteiger partial charge in [0.2, 0.25) is 0 Å². The number of carbonyl (C=O) groups excluding carboxylic acids is 1. The van der Waals surface area contributed by atoms with E-state index in [4.69, 9.17) is 4.98 Å². The van der Waals surface area contributed by atoms with Gasteiger partial charge in [-0.3, -0.25) is 14.8 Å². The average molecular weight is 416 g/mol. The third kappa shape index (κ3) is 5.07. The lowest BCUT2D eigenvalue weighted by molar-refractivity contribution is 0.0951. The molecule has 0 aromatic carbocycles. The van der Waals surface area contributed by atoms with Crippen LogP contribution >= 0.6 is 11.3 Å². The lowest BCUT2D eigenvalue weighted by Gasteiger charge is -2.13. The van der Waals surface area contributed by atoms with E-state index in [2.05, 4.69) is 20.6 Å². The molecule has 0 saturated heterocycles. The van der Waals surface area contributed by atoms with E-state index in [1.807, 2.05) is 60.0 Å². The van der Waals surface area contributed by atoms with E-state index in [1.54, 1.807) is 29.9 Å². The number of aromatic nitrogens is 3. The van der Waals surface area contributed by atoms with Gasteiger partial charge in [-0.2, -0.15) is 0 Å². The van der Waals surface area contributed by atoms with Crippen molar-refractivity contribution in [2.75, 3.05) is 11.9 Å². The maximum atomic E-state index is 12.8. The highest BCUT2D eigenvalue weighted by molar-refractivity contribution is 7.13. The lowest BCUT2D eigenvalue weighted by atomic mass is 10.2. The van der Waals surface area contributed by atoms with Gasteiger partial charge in [0.15, 0.2) is 0 Å². The Bertz CT molecular complexity index is 1090. The fraction of sp³-hybridized carbons (Fsp3) is 0.130. The Morgan fingerprint density at radius 3 is 2.73 bits per heavy atom. The second kappa shape index (κ2) is 9.76. The van der Waals surface area contributed by atoms with Crippen LogP contribution < -0.4 is 10.6 Å². The lowest BCUT2D eigenvalue weighted by Crippen LogP contribution is -2.24. The molecule has 0 fully saturated rings. The molecule has 6 nitrogen and oxygen atoms in total. The number of thiophene rings is 1. The summed E-state index contributed by atoms with van der Waals surface area (Å²) in [7, 11) is 0. The first-order chi connectivity index (χ1) is 14.8. The van der Waals surface area contributed by atoms with Crippen molar-refractivity contribution in [3.63, 3.8) is 0 Å². The zero-order valence-corrected chi connectivity index (χ0v) is 17.1. The number of amides is 1. The molecule has 1 amide bonds. The molecule has 0 aliphatic rings. The summed E-state index contributed by atoms with van der Waals surface area (Å²) in [4.78, 5) is 27.1. The molecule has 150 valence electrons. The number of nitrogens with one attached hydrogen (secondary N) is 2. The van der Waals surface area contributed by atoms with Crippen LogP contribution in [0.1, 0.15) is 21.6 Å². The molecule has 0 radical (unpaired) electrons. The van der Waals surface area contributed by atoms with Crippen LogP contribution in [0.2, 0.25) is 0 Å². The van der Waals surface area contributed by atoms with E-state index < -0.39 is 0 Å². The van der Waals surface area contributed by atoms with Crippen molar-refractivity contribution in [2.45, 2.75) is 13.0 Å². The third-order valence-electron chi connectivity index (χ3n) is 4.49. The molecule has 4 rings (SSSR count). The molecule has 0 bridgehead atoms. The Balaban J connectivity index is 1.51. The summed E-state index contributed by atoms with van der Waals surface area (Å²) in [6.07, 6.45) is 5.97. The molecule has 0 atom stereocenters. The van der Waals surface area contributed by atoms with Crippen LogP contribution in [0.5, 0.6) is 0 Å². The van der Waals surface area contributed by atoms with Crippen LogP contribution in [0.3, 0.4) is 0 Å². The van der Waals surface area contributed by atoms with Gasteiger partial charge in [0, 0.05) is 43.8 Å². The second-order valence-corrected chi connectivity index (χ2v) is 7.56. The molecular formula is C23H21N5OS. The van der Waals surface area contributed by atoms with E-state index in [1.165, 1.54) is 0 Å². The fourth-order valence-corrected chi connectivity index (χ4v) is 3.67. The Morgan fingerprint density at radius 1 is 1.00 bits per heavy atom. The second-order valence-electron chi connectivity index (χ2n) is 6.61. The summed E-state index contributed by atoms with van der Waals surface area (Å²) in [5.74, 6) is 0.393. The third-order valence-corrected chi connectivity index (χ3v) is 5.38. The van der Waals surface area contributed by atoms with Crippen molar-refractivity contribution in [2.24, 2.45) is 0 Å². The van der Waals surface area contributed by atoms with Crippen LogP contribution in [0, 0.1) is 0 Å². The molecule has 0 spiro atoms. The first-order valence-corrected chi connectivity index (χ1v) is 10.5. The zero-order valence-electron chi connectivity index (χ0n) is 16.3. The van der Waals surface area contributed by atoms with Gasteiger partial charge in [0.05, 0.1) is 16.1 Å². The van der Waals surface area contributed by atoms with Crippen molar-refractivity contribution >= 4 is 23.1 Å². The van der Waals surface area contributed by atoms with E-state index in [-0.39, 0.29) is 5.91 Å². The SMILES string of the molecule is O=C(NCc1cccnc1)c1ccc(-c2cccs2)nc1NCCc1ccccn1. The largest absolute Gasteiger partial charge is 0.369 e. The Hall–Kier alpha value is -3.58. The number of hydrogen-bond donors (Lipinski definition) is 2. The minimum absolute atomic E-state index is 0.176. The summed E-state index contributed by atoms with van der Waals surface area (Å²) in [6, 6.07) is 17.3. The topological polar surface area (TPSA) is 79.8 Å². The van der Waals surface area contributed by atoms with Crippen molar-refractivity contribution in [3.8, 4) is 10.6 Å². The highest BCUT2D eigenvalue weighted by Crippen LogP contribution is 2.26. The van der Waals surface area contributed by atoms with E-state index >= 15 is 0 Å². The van der Waals surface area contributed by atoms with Gasteiger partial charge in [-0.1, -0.05) is 18.2 Å². The number of nitrogens with zero attached hydrogens (tertiary/aromatic N) is 3. The average Bonchev–Trinajstić information content (AvgIpc) is 3.34. The van der Waals surface area contributed by atoms with Crippen LogP contribution in [0.15, 0.2) is 78.6 Å². The Kier molecular flexibility index (Phi) is 6.41. The highest BCUT2D eigenvalue weighted by Gasteiger charge is 2.15. The Labute approximate surface area is 179 Å². The van der Waals surface area contributed by atoms with Crippen LogP contribution in [0.4, 0.5) is 5.82 Å². The molecule has 7 heteroatoms. The molecule has 0 aliphatic heterocycles. The first kappa shape index (κ1) is 19.7. The van der Waals surface area contributed by atoms with Gasteiger partial charge in [0.1, 0.15) is 5.82 Å². The summed E-state index contributed by atoms with van der Waals surface area (Å²) in [6.45, 7) is 1.04. The number of pyridine rings is 3. The standard InChI is InChI=1S/C23H21N5OS/c29-23(27-16-17-5-3-11-24-15-17)19-8-9-20(21-7-4-14-30-21)28-22(19)26-13-10-18-6-1-2-12-25-18/h1-9,11-12,14-15H,10,13,16H2,(H,26,28)(H,27,29). The number of anilines is 1. The molecule has 2 N–H and O–H groups in total. The maximum absolute atomic E-state index is 12.8. The van der Waals surface area contributed by atoms with Gasteiger partial charge in [-0.15, -0.1) is 11.3 Å². The van der Waals surface area contributed by atoms with E-state index in [0.29, 0.717) is 24.5 Å². The highest BCUT2D eigenvalue weighted by atomic mass is 32.1. The van der Waals surface area contributed by atoms with Gasteiger partial charge >= 0.3 is 0 Å². The van der Waals surface area contributed by atoms with Gasteiger partial charge in [-0.25, -0.2) is 4.98 Å². The summed E-state index contributed by atoms with van der Waals surface area (Å²) in [5.41, 5.74) is 3.29. The molecule has 0 saturated carbocycles. The molecule has 0 aliphatic carbocycles. The molecule has 0 unspecified atom stereocenters. The van der Waals surface area contributed by atoms with Crippen LogP contribution in [-0.4, -0.2) is 27.4 Å². The number of rotatable bonds is 8. The smallest absolute Gasteiger partial charge is 0.255 e. The number of hydrogen-bond acceptors (Lipinski definition) is 6. The minimum Gasteiger partial charge on any atom is -0.369 e. The monoisotopic (exact) mass is 415 g/mol. The maximum Gasteiger partial charge on any atom is 0.255 e. The quantitative estimate of drug-likeness (QED) is 0.451. The molecule has 4 aromatic heterocycles. The van der Waals surface area contributed by atoms with Crippen molar-refractivity contribution in [3.05, 3.63) is 95.4 Å². The first-order valence-electron chi connectivity index (χ1n) is 9.65. The van der Waals surface area contributed by atoms with Crippen LogP contribution in [-0.2, 0) is 13.0 Å². The fourth-order valence-electron chi connectivity index (χ4n) is 2.97. The predicted molar refractivity (Wildman–Crippen MR) is 119 cm³/mol. The van der Waals surface area contributed by atoms with Gasteiger partial charge in [0.25, 0.3) is 5.91 Å². The molecular weight excluding hydrogens is 394 g/mol. The Morgan fingerprint density at radius 2 is 1.97 bits per heavy atom. The summed E-state index contributed by atoms with van der Waals surface area (Å²) >= 11 is 1.62. The predicted octanol–water partition coefficient (Wildman–Crippen LogP) is 4.18. The van der Waals surface area contributed by atoms with E-state index in [9.17, 15) is 4.79 Å². The van der Waals surface area contributed by atoms with Crippen LogP contribution in [0.25, 0.3) is 10.6 Å². The van der Waals surface area contributed by atoms with Crippen molar-refractivity contribution in [1.82, 2.24) is 20.3 Å². The van der Waals surface area contributed by atoms with Gasteiger partial charge in [-0.05, 0) is 47.3 Å². The molecule has 4 heterocycles. The minimum atomic E-state index is -0.176. The number of carbonyl (C=O) groups is 1. The molecule has 4 aromatic rings. The summed E-state index contributed by atoms with van der Waals surface area (Å²) < 4.78 is 0.